The molecule has 2 aromatic heterocycles. The summed E-state index contributed by atoms with van der Waals surface area (Å²) in [6.45, 7) is 1.95. The van der Waals surface area contributed by atoms with E-state index < -0.39 is 6.04 Å². The van der Waals surface area contributed by atoms with Gasteiger partial charge in [0, 0.05) is 18.6 Å². The number of ketones is 1. The highest BCUT2D eigenvalue weighted by Crippen LogP contribution is 2.47. The van der Waals surface area contributed by atoms with Gasteiger partial charge in [-0.3, -0.25) is 19.5 Å². The molecule has 0 radical (unpaired) electrons. The predicted molar refractivity (Wildman–Crippen MR) is 102 cm³/mol. The van der Waals surface area contributed by atoms with Gasteiger partial charge in [0.05, 0.1) is 17.5 Å². The van der Waals surface area contributed by atoms with Crippen molar-refractivity contribution in [1.29, 1.82) is 0 Å². The molecule has 1 aliphatic carbocycles. The zero-order valence-electron chi connectivity index (χ0n) is 15.7. The normalized spacial score (nSPS) is 26.8. The molecular formula is C22H21N3O3. The fraction of sp³-hybridized carbons (Fsp3) is 0.364. The van der Waals surface area contributed by atoms with Gasteiger partial charge in [0.25, 0.3) is 5.91 Å². The summed E-state index contributed by atoms with van der Waals surface area (Å²) >= 11 is 0. The van der Waals surface area contributed by atoms with E-state index in [1.807, 2.05) is 31.2 Å². The predicted octanol–water partition coefficient (Wildman–Crippen LogP) is 3.29. The lowest BCUT2D eigenvalue weighted by atomic mass is 9.78. The summed E-state index contributed by atoms with van der Waals surface area (Å²) in [5.74, 6) is 0.299. The number of aryl methyl sites for hydroxylation is 1. The number of carbonyl (C=O) groups excluding carboxylic acids is 2. The summed E-state index contributed by atoms with van der Waals surface area (Å²) in [7, 11) is 0. The van der Waals surface area contributed by atoms with E-state index in [9.17, 15) is 9.59 Å². The number of Topliss-reactive ketones (excluding diaryl/α,β-unsaturated/α-hetero) is 1. The lowest BCUT2D eigenvalue weighted by Gasteiger charge is -2.35. The van der Waals surface area contributed by atoms with Gasteiger partial charge >= 0.3 is 0 Å². The van der Waals surface area contributed by atoms with E-state index in [0.29, 0.717) is 11.4 Å². The number of amides is 1. The molecule has 6 nitrogen and oxygen atoms in total. The van der Waals surface area contributed by atoms with Crippen molar-refractivity contribution in [2.45, 2.75) is 44.8 Å². The molecule has 4 heterocycles. The van der Waals surface area contributed by atoms with Gasteiger partial charge in [-0.25, -0.2) is 4.98 Å². The Hall–Kier alpha value is -3.02. The molecule has 3 aliphatic rings. The number of fused-ring (bicyclic) bond motifs is 1. The number of rotatable bonds is 2. The Kier molecular flexibility index (Phi) is 4.00. The van der Waals surface area contributed by atoms with Crippen LogP contribution in [-0.2, 0) is 14.3 Å². The third-order valence-corrected chi connectivity index (χ3v) is 5.91. The van der Waals surface area contributed by atoms with Gasteiger partial charge < -0.3 is 4.74 Å². The number of pyridine rings is 2. The van der Waals surface area contributed by atoms with Crippen LogP contribution in [0.15, 0.2) is 54.2 Å². The first kappa shape index (κ1) is 17.1. The van der Waals surface area contributed by atoms with Crippen molar-refractivity contribution >= 4 is 17.5 Å². The van der Waals surface area contributed by atoms with Crippen LogP contribution in [0.4, 0.5) is 5.82 Å². The smallest absolute Gasteiger partial charge is 0.295 e. The lowest BCUT2D eigenvalue weighted by molar-refractivity contribution is -0.131. The number of ether oxygens (including phenoxy) is 1. The van der Waals surface area contributed by atoms with Gasteiger partial charge in [-0.15, -0.1) is 0 Å². The first-order valence-electron chi connectivity index (χ1n) is 9.76. The van der Waals surface area contributed by atoms with Crippen LogP contribution in [0.1, 0.15) is 42.9 Å². The van der Waals surface area contributed by atoms with Crippen LogP contribution in [0.25, 0.3) is 0 Å². The topological polar surface area (TPSA) is 72.4 Å². The molecule has 0 bridgehead atoms. The van der Waals surface area contributed by atoms with Gasteiger partial charge in [-0.2, -0.15) is 0 Å². The van der Waals surface area contributed by atoms with Crippen LogP contribution in [-0.4, -0.2) is 27.8 Å². The Morgan fingerprint density at radius 1 is 1.11 bits per heavy atom. The number of aromatic nitrogens is 2. The summed E-state index contributed by atoms with van der Waals surface area (Å²) in [5.41, 5.74) is 2.25. The number of hydrogen-bond donors (Lipinski definition) is 0. The average molecular weight is 375 g/mol. The van der Waals surface area contributed by atoms with Crippen LogP contribution in [0.3, 0.4) is 0 Å². The molecular weight excluding hydrogens is 354 g/mol. The minimum Gasteiger partial charge on any atom is -0.483 e. The Balaban J connectivity index is 1.65. The number of anilines is 1. The van der Waals surface area contributed by atoms with Crippen LogP contribution in [0.5, 0.6) is 0 Å². The average Bonchev–Trinajstić information content (AvgIpc) is 3.02. The maximum absolute atomic E-state index is 13.4. The van der Waals surface area contributed by atoms with Gasteiger partial charge in [-0.05, 0) is 49.4 Å². The van der Waals surface area contributed by atoms with Crippen molar-refractivity contribution in [3.63, 3.8) is 0 Å². The molecule has 0 saturated heterocycles. The molecule has 0 aromatic carbocycles. The second-order valence-electron chi connectivity index (χ2n) is 7.71. The number of nitrogens with zero attached hydrogens (tertiary/aromatic N) is 3. The summed E-state index contributed by atoms with van der Waals surface area (Å²) in [4.78, 5) is 37.0. The highest BCUT2D eigenvalue weighted by Gasteiger charge is 2.52. The van der Waals surface area contributed by atoms with Crippen molar-refractivity contribution in [3.05, 3.63) is 65.3 Å². The van der Waals surface area contributed by atoms with Gasteiger partial charge in [-0.1, -0.05) is 18.6 Å². The Morgan fingerprint density at radius 3 is 2.71 bits per heavy atom. The molecule has 1 saturated carbocycles. The molecule has 28 heavy (non-hydrogen) atoms. The third kappa shape index (κ3) is 2.55. The molecule has 3 unspecified atom stereocenters. The summed E-state index contributed by atoms with van der Waals surface area (Å²) in [5, 5.41) is 0. The van der Waals surface area contributed by atoms with Crippen molar-refractivity contribution in [1.82, 2.24) is 9.97 Å². The van der Waals surface area contributed by atoms with Crippen LogP contribution < -0.4 is 4.90 Å². The highest BCUT2D eigenvalue weighted by molar-refractivity contribution is 6.17. The molecule has 5 rings (SSSR count). The Bertz CT molecular complexity index is 968. The van der Waals surface area contributed by atoms with E-state index in [-0.39, 0.29) is 29.5 Å². The second kappa shape index (κ2) is 6.55. The van der Waals surface area contributed by atoms with Crippen molar-refractivity contribution in [2.24, 2.45) is 5.92 Å². The largest absolute Gasteiger partial charge is 0.483 e. The summed E-state index contributed by atoms with van der Waals surface area (Å²) in [6.07, 6.45) is 8.61. The van der Waals surface area contributed by atoms with E-state index in [0.717, 1.165) is 36.8 Å². The third-order valence-electron chi connectivity index (χ3n) is 5.91. The van der Waals surface area contributed by atoms with Crippen molar-refractivity contribution < 1.29 is 14.3 Å². The van der Waals surface area contributed by atoms with Crippen LogP contribution >= 0.6 is 0 Å². The second-order valence-corrected chi connectivity index (χ2v) is 7.71. The van der Waals surface area contributed by atoms with E-state index >= 15 is 0 Å². The van der Waals surface area contributed by atoms with Crippen LogP contribution in [0, 0.1) is 12.8 Å². The molecule has 2 aliphatic heterocycles. The molecule has 2 aromatic rings. The van der Waals surface area contributed by atoms with Crippen molar-refractivity contribution in [2.75, 3.05) is 4.90 Å². The maximum atomic E-state index is 13.4. The first-order chi connectivity index (χ1) is 13.6. The molecule has 142 valence electrons. The quantitative estimate of drug-likeness (QED) is 0.805. The molecule has 1 fully saturated rings. The van der Waals surface area contributed by atoms with E-state index in [4.69, 9.17) is 4.74 Å². The zero-order chi connectivity index (χ0) is 19.3. The molecule has 6 heteroatoms. The van der Waals surface area contributed by atoms with Gasteiger partial charge in [0.15, 0.2) is 11.5 Å². The van der Waals surface area contributed by atoms with Gasteiger partial charge in [0.1, 0.15) is 11.9 Å². The Labute approximate surface area is 163 Å². The Morgan fingerprint density at radius 2 is 1.96 bits per heavy atom. The highest BCUT2D eigenvalue weighted by atomic mass is 16.5. The molecule has 0 spiro atoms. The molecule has 0 N–H and O–H groups in total. The molecule has 3 atom stereocenters. The molecule has 1 amide bonds. The first-order valence-corrected chi connectivity index (χ1v) is 9.76. The van der Waals surface area contributed by atoms with E-state index in [1.165, 1.54) is 0 Å². The van der Waals surface area contributed by atoms with E-state index in [2.05, 4.69) is 9.97 Å². The zero-order valence-corrected chi connectivity index (χ0v) is 15.7. The fourth-order valence-electron chi connectivity index (χ4n) is 4.54. The number of carbonyl (C=O) groups is 2. The van der Waals surface area contributed by atoms with Gasteiger partial charge in [0.2, 0.25) is 0 Å². The number of hydrogen-bond acceptors (Lipinski definition) is 5. The van der Waals surface area contributed by atoms with Crippen molar-refractivity contribution in [3.8, 4) is 0 Å². The lowest BCUT2D eigenvalue weighted by Crippen LogP contribution is -2.39. The minimum absolute atomic E-state index is 0.0442. The standard InChI is InChI=1S/C22H21N3O3/c1-13-8-9-17(24-11-13)25-19(14-5-4-10-23-12-14)18-20(26)15-6-2-3-7-16(15)28-21(18)22(25)27/h4-5,8-12,15-16,19H,2-3,6-7H2,1H3. The minimum atomic E-state index is -0.554. The maximum Gasteiger partial charge on any atom is 0.295 e. The summed E-state index contributed by atoms with van der Waals surface area (Å²) in [6, 6.07) is 6.88. The summed E-state index contributed by atoms with van der Waals surface area (Å²) < 4.78 is 6.14. The van der Waals surface area contributed by atoms with Crippen LogP contribution in [0.2, 0.25) is 0 Å². The SMILES string of the molecule is Cc1ccc(N2C(=O)C3=C(C(=O)C4CCCCC4O3)C2c2cccnc2)nc1. The monoisotopic (exact) mass is 375 g/mol. The van der Waals surface area contributed by atoms with E-state index in [1.54, 1.807) is 23.5 Å². The fourth-order valence-corrected chi connectivity index (χ4v) is 4.54.